The molecule has 0 bridgehead atoms. The van der Waals surface area contributed by atoms with E-state index >= 15 is 0 Å². The van der Waals surface area contributed by atoms with Gasteiger partial charge in [0, 0.05) is 44.8 Å². The predicted molar refractivity (Wildman–Crippen MR) is 74.6 cm³/mol. The maximum atomic E-state index is 12.2. The van der Waals surface area contributed by atoms with Gasteiger partial charge in [-0.3, -0.25) is 4.79 Å². The van der Waals surface area contributed by atoms with E-state index in [2.05, 4.69) is 16.4 Å². The second-order valence-corrected chi connectivity index (χ2v) is 4.62. The Kier molecular flexibility index (Phi) is 3.05. The van der Waals surface area contributed by atoms with Gasteiger partial charge < -0.3 is 14.8 Å². The average Bonchev–Trinajstić information content (AvgIpc) is 2.64. The smallest absolute Gasteiger partial charge is 0.293 e. The van der Waals surface area contributed by atoms with Gasteiger partial charge in [-0.2, -0.15) is 0 Å². The third kappa shape index (κ3) is 2.13. The van der Waals surface area contributed by atoms with Crippen LogP contribution in [-0.4, -0.2) is 22.6 Å². The first kappa shape index (κ1) is 11.9. The topological polar surface area (TPSA) is 50.2 Å². The minimum absolute atomic E-state index is 0.0702. The number of aryl methyl sites for hydroxylation is 1. The van der Waals surface area contributed by atoms with E-state index < -0.39 is 0 Å². The van der Waals surface area contributed by atoms with E-state index in [0.29, 0.717) is 5.82 Å². The number of hydrogen-bond acceptors (Lipinski definition) is 4. The van der Waals surface area contributed by atoms with Gasteiger partial charge in [0.15, 0.2) is 5.82 Å². The van der Waals surface area contributed by atoms with Crippen molar-refractivity contribution in [3.63, 3.8) is 0 Å². The third-order valence-electron chi connectivity index (χ3n) is 3.36. The Morgan fingerprint density at radius 1 is 1.32 bits per heavy atom. The van der Waals surface area contributed by atoms with E-state index in [0.717, 1.165) is 25.3 Å². The van der Waals surface area contributed by atoms with Crippen LogP contribution in [0, 0.1) is 0 Å². The molecule has 5 nitrogen and oxygen atoms in total. The third-order valence-corrected chi connectivity index (χ3v) is 3.36. The molecule has 0 radical (unpaired) electrons. The Balaban J connectivity index is 2.15. The monoisotopic (exact) mass is 256 g/mol. The summed E-state index contributed by atoms with van der Waals surface area (Å²) in [5.74, 6) is 0.487. The molecule has 0 spiro atoms. The lowest BCUT2D eigenvalue weighted by molar-refractivity contribution is 0.707. The molecule has 0 unspecified atom stereocenters. The molecule has 1 N–H and O–H groups in total. The molecule has 0 saturated heterocycles. The van der Waals surface area contributed by atoms with Crippen molar-refractivity contribution >= 4 is 11.5 Å². The second kappa shape index (κ2) is 4.85. The molecule has 98 valence electrons. The van der Waals surface area contributed by atoms with Crippen LogP contribution >= 0.6 is 0 Å². The Morgan fingerprint density at radius 3 is 3.05 bits per heavy atom. The molecule has 3 rings (SSSR count). The van der Waals surface area contributed by atoms with Crippen LogP contribution in [-0.2, 0) is 13.6 Å². The molecule has 2 heterocycles. The summed E-state index contributed by atoms with van der Waals surface area (Å²) in [6, 6.07) is 8.12. The van der Waals surface area contributed by atoms with Crippen LogP contribution < -0.4 is 15.8 Å². The fourth-order valence-corrected chi connectivity index (χ4v) is 2.35. The quantitative estimate of drug-likeness (QED) is 0.827. The van der Waals surface area contributed by atoms with E-state index in [-0.39, 0.29) is 5.56 Å². The molecular formula is C14H16N4O. The Labute approximate surface area is 111 Å². The SMILES string of the molecule is Cn1ccnc(N2CCNCc3ccccc32)c1=O. The van der Waals surface area contributed by atoms with Crippen molar-refractivity contribution < 1.29 is 0 Å². The highest BCUT2D eigenvalue weighted by atomic mass is 16.1. The van der Waals surface area contributed by atoms with Crippen LogP contribution in [0.4, 0.5) is 11.5 Å². The van der Waals surface area contributed by atoms with Crippen molar-refractivity contribution in [2.75, 3.05) is 18.0 Å². The summed E-state index contributed by atoms with van der Waals surface area (Å²) in [6.45, 7) is 2.39. The zero-order chi connectivity index (χ0) is 13.2. The number of hydrogen-bond donors (Lipinski definition) is 1. The predicted octanol–water partition coefficient (Wildman–Crippen LogP) is 1.02. The molecule has 1 aromatic heterocycles. The highest BCUT2D eigenvalue weighted by molar-refractivity contribution is 5.63. The normalized spacial score (nSPS) is 14.9. The summed E-state index contributed by atoms with van der Waals surface area (Å²) >= 11 is 0. The summed E-state index contributed by atoms with van der Waals surface area (Å²) < 4.78 is 1.56. The van der Waals surface area contributed by atoms with Gasteiger partial charge in [0.1, 0.15) is 0 Å². The van der Waals surface area contributed by atoms with Gasteiger partial charge in [0.2, 0.25) is 0 Å². The molecule has 1 aliphatic heterocycles. The number of anilines is 2. The number of rotatable bonds is 1. The maximum absolute atomic E-state index is 12.2. The van der Waals surface area contributed by atoms with Crippen molar-refractivity contribution in [2.45, 2.75) is 6.54 Å². The summed E-state index contributed by atoms with van der Waals surface area (Å²) in [5, 5.41) is 3.36. The minimum atomic E-state index is -0.0702. The van der Waals surface area contributed by atoms with Gasteiger partial charge in [0.05, 0.1) is 0 Å². The molecule has 0 amide bonds. The van der Waals surface area contributed by atoms with Gasteiger partial charge in [-0.05, 0) is 11.6 Å². The van der Waals surface area contributed by atoms with Crippen LogP contribution in [0.25, 0.3) is 0 Å². The zero-order valence-electron chi connectivity index (χ0n) is 10.8. The molecule has 5 heteroatoms. The van der Waals surface area contributed by atoms with Gasteiger partial charge in [-0.25, -0.2) is 4.98 Å². The highest BCUT2D eigenvalue weighted by Crippen LogP contribution is 2.26. The number of benzene rings is 1. The lowest BCUT2D eigenvalue weighted by Gasteiger charge is -2.22. The Hall–Kier alpha value is -2.14. The van der Waals surface area contributed by atoms with Crippen molar-refractivity contribution in [2.24, 2.45) is 7.05 Å². The molecule has 0 atom stereocenters. The van der Waals surface area contributed by atoms with E-state index in [9.17, 15) is 4.79 Å². The van der Waals surface area contributed by atoms with Crippen molar-refractivity contribution in [1.29, 1.82) is 0 Å². The lowest BCUT2D eigenvalue weighted by Crippen LogP contribution is -2.32. The Bertz CT molecular complexity index is 650. The number of aromatic nitrogens is 2. The molecule has 19 heavy (non-hydrogen) atoms. The fraction of sp³-hybridized carbons (Fsp3) is 0.286. The number of nitrogens with one attached hydrogen (secondary N) is 1. The Morgan fingerprint density at radius 2 is 2.16 bits per heavy atom. The molecule has 1 aliphatic rings. The van der Waals surface area contributed by atoms with E-state index in [1.807, 2.05) is 23.1 Å². The van der Waals surface area contributed by atoms with Crippen molar-refractivity contribution in [3.8, 4) is 0 Å². The molecule has 0 aliphatic carbocycles. The lowest BCUT2D eigenvalue weighted by atomic mass is 10.1. The standard InChI is InChI=1S/C14H16N4O/c1-17-8-7-16-13(14(17)19)18-9-6-15-10-11-4-2-3-5-12(11)18/h2-5,7-8,15H,6,9-10H2,1H3. The van der Waals surface area contributed by atoms with E-state index in [1.165, 1.54) is 5.56 Å². The van der Waals surface area contributed by atoms with Crippen molar-refractivity contribution in [3.05, 3.63) is 52.6 Å². The fourth-order valence-electron chi connectivity index (χ4n) is 2.35. The van der Waals surface area contributed by atoms with E-state index in [4.69, 9.17) is 0 Å². The summed E-state index contributed by atoms with van der Waals surface area (Å²) in [5.41, 5.74) is 2.18. The first-order valence-electron chi connectivity index (χ1n) is 6.35. The first-order valence-corrected chi connectivity index (χ1v) is 6.35. The molecular weight excluding hydrogens is 240 g/mol. The second-order valence-electron chi connectivity index (χ2n) is 4.62. The first-order chi connectivity index (χ1) is 9.27. The van der Waals surface area contributed by atoms with E-state index in [1.54, 1.807) is 24.0 Å². The highest BCUT2D eigenvalue weighted by Gasteiger charge is 2.19. The average molecular weight is 256 g/mol. The van der Waals surface area contributed by atoms with Crippen LogP contribution in [0.1, 0.15) is 5.56 Å². The van der Waals surface area contributed by atoms with Gasteiger partial charge >= 0.3 is 0 Å². The molecule has 0 fully saturated rings. The van der Waals surface area contributed by atoms with Crippen molar-refractivity contribution in [1.82, 2.24) is 14.9 Å². The van der Waals surface area contributed by atoms with Crippen LogP contribution in [0.2, 0.25) is 0 Å². The minimum Gasteiger partial charge on any atom is -0.320 e. The number of nitrogens with zero attached hydrogens (tertiary/aromatic N) is 3. The zero-order valence-corrected chi connectivity index (χ0v) is 10.8. The molecule has 0 saturated carbocycles. The van der Waals surface area contributed by atoms with Gasteiger partial charge in [0.25, 0.3) is 5.56 Å². The maximum Gasteiger partial charge on any atom is 0.293 e. The van der Waals surface area contributed by atoms with Gasteiger partial charge in [-0.1, -0.05) is 18.2 Å². The van der Waals surface area contributed by atoms with Crippen LogP contribution in [0.15, 0.2) is 41.5 Å². The summed E-state index contributed by atoms with van der Waals surface area (Å²) in [7, 11) is 1.75. The largest absolute Gasteiger partial charge is 0.320 e. The van der Waals surface area contributed by atoms with Crippen LogP contribution in [0.3, 0.4) is 0 Å². The number of para-hydroxylation sites is 1. The van der Waals surface area contributed by atoms with Crippen LogP contribution in [0.5, 0.6) is 0 Å². The number of fused-ring (bicyclic) bond motifs is 1. The molecule has 1 aromatic carbocycles. The van der Waals surface area contributed by atoms with Gasteiger partial charge in [-0.15, -0.1) is 0 Å². The summed E-state index contributed by atoms with van der Waals surface area (Å²) in [6.07, 6.45) is 3.34. The summed E-state index contributed by atoms with van der Waals surface area (Å²) in [4.78, 5) is 18.5. The molecule has 2 aromatic rings.